The highest BCUT2D eigenvalue weighted by molar-refractivity contribution is 9.10. The number of hydrogen-bond donors (Lipinski definition) is 2. The van der Waals surface area contributed by atoms with Gasteiger partial charge in [0.25, 0.3) is 5.91 Å². The lowest BCUT2D eigenvalue weighted by Crippen LogP contribution is -2.52. The van der Waals surface area contributed by atoms with Gasteiger partial charge in [-0.05, 0) is 40.0 Å². The second-order valence-corrected chi connectivity index (χ2v) is 7.61. The second kappa shape index (κ2) is 7.24. The van der Waals surface area contributed by atoms with E-state index in [1.165, 1.54) is 6.07 Å². The molecule has 0 radical (unpaired) electrons. The van der Waals surface area contributed by atoms with E-state index >= 15 is 0 Å². The van der Waals surface area contributed by atoms with E-state index in [1.54, 1.807) is 17.0 Å². The number of aromatic nitrogens is 1. The van der Waals surface area contributed by atoms with Gasteiger partial charge in [-0.15, -0.1) is 0 Å². The number of amides is 2. The number of nitrogens with one attached hydrogen (secondary N) is 2. The van der Waals surface area contributed by atoms with Gasteiger partial charge in [-0.3, -0.25) is 14.4 Å². The van der Waals surface area contributed by atoms with Crippen LogP contribution in [0.15, 0.2) is 57.8 Å². The van der Waals surface area contributed by atoms with Gasteiger partial charge >= 0.3 is 0 Å². The molecule has 1 aliphatic heterocycles. The average molecular weight is 440 g/mol. The van der Waals surface area contributed by atoms with Gasteiger partial charge in [0.05, 0.1) is 11.1 Å². The Balaban J connectivity index is 1.86. The first-order valence-electron chi connectivity index (χ1n) is 8.93. The number of hydrogen-bond acceptors (Lipinski definition) is 3. The molecule has 0 bridgehead atoms. The maximum absolute atomic E-state index is 13.5. The molecule has 2 amide bonds. The number of halogens is 1. The van der Waals surface area contributed by atoms with Gasteiger partial charge in [0.2, 0.25) is 11.5 Å². The Morgan fingerprint density at radius 3 is 2.71 bits per heavy atom. The number of nitrogens with zero attached hydrogens (tertiary/aromatic N) is 1. The zero-order valence-electron chi connectivity index (χ0n) is 15.2. The van der Waals surface area contributed by atoms with Gasteiger partial charge < -0.3 is 15.2 Å². The van der Waals surface area contributed by atoms with Crippen LogP contribution in [-0.2, 0) is 4.79 Å². The minimum absolute atomic E-state index is 0.218. The van der Waals surface area contributed by atoms with Crippen molar-refractivity contribution in [3.8, 4) is 0 Å². The molecule has 1 aliphatic rings. The SMILES string of the molecule is Cc1ccccc1C1C(=O)NCCN1C(=O)c1cc(=O)[nH]c2c(Br)cccc12. The number of aryl methyl sites for hydroxylation is 1. The predicted octanol–water partition coefficient (Wildman–Crippen LogP) is 2.91. The topological polar surface area (TPSA) is 82.3 Å². The number of rotatable bonds is 2. The molecule has 4 rings (SSSR count). The number of aromatic amines is 1. The summed E-state index contributed by atoms with van der Waals surface area (Å²) in [7, 11) is 0. The van der Waals surface area contributed by atoms with Crippen molar-refractivity contribution in [2.24, 2.45) is 0 Å². The summed E-state index contributed by atoms with van der Waals surface area (Å²) in [6, 6.07) is 13.5. The Bertz CT molecular complexity index is 1160. The lowest BCUT2D eigenvalue weighted by atomic mass is 9.96. The van der Waals surface area contributed by atoms with Crippen molar-refractivity contribution in [2.75, 3.05) is 13.1 Å². The van der Waals surface area contributed by atoms with Gasteiger partial charge in [-0.2, -0.15) is 0 Å². The van der Waals surface area contributed by atoms with Crippen molar-refractivity contribution in [1.29, 1.82) is 0 Å². The van der Waals surface area contributed by atoms with E-state index in [4.69, 9.17) is 0 Å². The number of fused-ring (bicyclic) bond motifs is 1. The fourth-order valence-corrected chi connectivity index (χ4v) is 4.13. The maximum atomic E-state index is 13.5. The van der Waals surface area contributed by atoms with Crippen LogP contribution in [0.2, 0.25) is 0 Å². The maximum Gasteiger partial charge on any atom is 0.255 e. The largest absolute Gasteiger partial charge is 0.352 e. The third-order valence-electron chi connectivity index (χ3n) is 5.01. The van der Waals surface area contributed by atoms with Crippen molar-refractivity contribution < 1.29 is 9.59 Å². The lowest BCUT2D eigenvalue weighted by molar-refractivity contribution is -0.128. The molecule has 28 heavy (non-hydrogen) atoms. The summed E-state index contributed by atoms with van der Waals surface area (Å²) < 4.78 is 0.698. The van der Waals surface area contributed by atoms with Crippen molar-refractivity contribution >= 4 is 38.6 Å². The van der Waals surface area contributed by atoms with E-state index in [0.717, 1.165) is 11.1 Å². The normalized spacial score (nSPS) is 16.9. The molecule has 0 saturated carbocycles. The molecule has 2 heterocycles. The molecule has 1 fully saturated rings. The Morgan fingerprint density at radius 1 is 1.14 bits per heavy atom. The summed E-state index contributed by atoms with van der Waals surface area (Å²) in [4.78, 5) is 42.7. The summed E-state index contributed by atoms with van der Waals surface area (Å²) >= 11 is 3.42. The minimum Gasteiger partial charge on any atom is -0.352 e. The first kappa shape index (κ1) is 18.4. The molecule has 0 aliphatic carbocycles. The van der Waals surface area contributed by atoms with Crippen molar-refractivity contribution in [3.05, 3.63) is 80.0 Å². The molecular weight excluding hydrogens is 422 g/mol. The van der Waals surface area contributed by atoms with E-state index in [1.807, 2.05) is 37.3 Å². The quantitative estimate of drug-likeness (QED) is 0.643. The zero-order valence-corrected chi connectivity index (χ0v) is 16.7. The second-order valence-electron chi connectivity index (χ2n) is 6.76. The van der Waals surface area contributed by atoms with Crippen LogP contribution in [-0.4, -0.2) is 34.8 Å². The fourth-order valence-electron chi connectivity index (χ4n) is 3.66. The zero-order chi connectivity index (χ0) is 19.8. The summed E-state index contributed by atoms with van der Waals surface area (Å²) in [5.74, 6) is -0.554. The van der Waals surface area contributed by atoms with Crippen LogP contribution in [0, 0.1) is 6.92 Å². The minimum atomic E-state index is -0.732. The van der Waals surface area contributed by atoms with Crippen LogP contribution in [0.4, 0.5) is 0 Å². The highest BCUT2D eigenvalue weighted by atomic mass is 79.9. The van der Waals surface area contributed by atoms with E-state index in [-0.39, 0.29) is 22.9 Å². The van der Waals surface area contributed by atoms with E-state index in [9.17, 15) is 14.4 Å². The fraction of sp³-hybridized carbons (Fsp3) is 0.190. The Kier molecular flexibility index (Phi) is 4.77. The molecule has 1 saturated heterocycles. The number of para-hydroxylation sites is 1. The van der Waals surface area contributed by atoms with E-state index in [0.29, 0.717) is 28.5 Å². The first-order chi connectivity index (χ1) is 13.5. The first-order valence-corrected chi connectivity index (χ1v) is 9.72. The van der Waals surface area contributed by atoms with Crippen LogP contribution in [0.3, 0.4) is 0 Å². The molecule has 1 unspecified atom stereocenters. The van der Waals surface area contributed by atoms with Crippen LogP contribution < -0.4 is 10.9 Å². The Morgan fingerprint density at radius 2 is 1.93 bits per heavy atom. The summed E-state index contributed by atoms with van der Waals surface area (Å²) in [5, 5.41) is 3.48. The number of carbonyl (C=O) groups excluding carboxylic acids is 2. The Labute approximate surface area is 169 Å². The molecule has 3 aromatic rings. The number of benzene rings is 2. The van der Waals surface area contributed by atoms with Crippen LogP contribution >= 0.6 is 15.9 Å². The van der Waals surface area contributed by atoms with Gasteiger partial charge in [-0.25, -0.2) is 0 Å². The Hall–Kier alpha value is -2.93. The molecule has 2 N–H and O–H groups in total. The monoisotopic (exact) mass is 439 g/mol. The highest BCUT2D eigenvalue weighted by Crippen LogP contribution is 2.30. The van der Waals surface area contributed by atoms with Crippen LogP contribution in [0.25, 0.3) is 10.9 Å². The van der Waals surface area contributed by atoms with Gasteiger partial charge in [-0.1, -0.05) is 36.4 Å². The van der Waals surface area contributed by atoms with Gasteiger partial charge in [0, 0.05) is 29.0 Å². The smallest absolute Gasteiger partial charge is 0.255 e. The van der Waals surface area contributed by atoms with Gasteiger partial charge in [0.1, 0.15) is 6.04 Å². The average Bonchev–Trinajstić information content (AvgIpc) is 2.68. The van der Waals surface area contributed by atoms with E-state index < -0.39 is 6.04 Å². The van der Waals surface area contributed by atoms with Crippen LogP contribution in [0.5, 0.6) is 0 Å². The summed E-state index contributed by atoms with van der Waals surface area (Å²) in [6.07, 6.45) is 0. The number of H-pyrrole nitrogens is 1. The highest BCUT2D eigenvalue weighted by Gasteiger charge is 2.36. The van der Waals surface area contributed by atoms with Crippen molar-refractivity contribution in [1.82, 2.24) is 15.2 Å². The molecule has 2 aromatic carbocycles. The lowest BCUT2D eigenvalue weighted by Gasteiger charge is -2.36. The van der Waals surface area contributed by atoms with Crippen LogP contribution in [0.1, 0.15) is 27.5 Å². The molecule has 7 heteroatoms. The molecule has 0 spiro atoms. The third-order valence-corrected chi connectivity index (χ3v) is 5.67. The standard InChI is InChI=1S/C21H18BrN3O3/c1-12-5-2-3-6-13(12)19-20(27)23-9-10-25(19)21(28)15-11-17(26)24-18-14(15)7-4-8-16(18)22/h2-8,11,19H,9-10H2,1H3,(H,23,27)(H,24,26). The predicted molar refractivity (Wildman–Crippen MR) is 110 cm³/mol. The molecule has 1 atom stereocenters. The molecular formula is C21H18BrN3O3. The third kappa shape index (κ3) is 3.11. The number of pyridine rings is 1. The molecule has 1 aromatic heterocycles. The van der Waals surface area contributed by atoms with Crippen molar-refractivity contribution in [3.63, 3.8) is 0 Å². The number of carbonyl (C=O) groups is 2. The van der Waals surface area contributed by atoms with Crippen molar-refractivity contribution in [2.45, 2.75) is 13.0 Å². The van der Waals surface area contributed by atoms with Gasteiger partial charge in [0.15, 0.2) is 0 Å². The summed E-state index contributed by atoms with van der Waals surface area (Å²) in [5.41, 5.74) is 2.20. The van der Waals surface area contributed by atoms with E-state index in [2.05, 4.69) is 26.2 Å². The molecule has 6 nitrogen and oxygen atoms in total. The molecule has 142 valence electrons. The summed E-state index contributed by atoms with van der Waals surface area (Å²) in [6.45, 7) is 2.66. The number of piperazine rings is 1.